The number of halogens is 1. The maximum absolute atomic E-state index is 13.6. The Labute approximate surface area is 103 Å². The molecule has 18 heavy (non-hydrogen) atoms. The molecule has 0 fully saturated rings. The molecule has 0 atom stereocenters. The molecule has 0 aliphatic rings. The predicted molar refractivity (Wildman–Crippen MR) is 66.8 cm³/mol. The van der Waals surface area contributed by atoms with E-state index in [2.05, 4.69) is 15.5 Å². The Hall–Kier alpha value is -2.37. The number of benzene rings is 1. The number of nitrogens with zero attached hydrogens (tertiary/aromatic N) is 1. The van der Waals surface area contributed by atoms with Gasteiger partial charge in [-0.1, -0.05) is 12.1 Å². The summed E-state index contributed by atoms with van der Waals surface area (Å²) >= 11 is 0. The quantitative estimate of drug-likeness (QED) is 0.760. The van der Waals surface area contributed by atoms with Crippen LogP contribution in [0.4, 0.5) is 15.8 Å². The van der Waals surface area contributed by atoms with Crippen LogP contribution in [0.5, 0.6) is 0 Å². The largest absolute Gasteiger partial charge is 0.395 e. The monoisotopic (exact) mass is 248 g/mol. The highest BCUT2D eigenvalue weighted by Gasteiger charge is 2.17. The zero-order valence-corrected chi connectivity index (χ0v) is 10.0. The number of aromatic nitrogens is 2. The van der Waals surface area contributed by atoms with Gasteiger partial charge in [-0.2, -0.15) is 5.10 Å². The molecule has 0 saturated heterocycles. The van der Waals surface area contributed by atoms with Crippen molar-refractivity contribution in [1.29, 1.82) is 0 Å². The average molecular weight is 248 g/mol. The molecule has 2 rings (SSSR count). The van der Waals surface area contributed by atoms with Crippen molar-refractivity contribution in [3.05, 3.63) is 41.0 Å². The molecule has 1 amide bonds. The Balaban J connectivity index is 2.30. The Bertz CT molecular complexity index is 586. The number of hydrogen-bond acceptors (Lipinski definition) is 3. The fourth-order valence-corrected chi connectivity index (χ4v) is 1.57. The lowest BCUT2D eigenvalue weighted by Crippen LogP contribution is -2.16. The minimum Gasteiger partial charge on any atom is -0.395 e. The van der Waals surface area contributed by atoms with Crippen molar-refractivity contribution >= 4 is 17.3 Å². The van der Waals surface area contributed by atoms with E-state index in [1.54, 1.807) is 26.0 Å². The van der Waals surface area contributed by atoms with Crippen LogP contribution in [0.1, 0.15) is 21.7 Å². The van der Waals surface area contributed by atoms with Crippen LogP contribution in [-0.4, -0.2) is 16.1 Å². The number of H-pyrrole nitrogens is 1. The number of hydrogen-bond donors (Lipinski definition) is 3. The highest BCUT2D eigenvalue weighted by atomic mass is 19.1. The van der Waals surface area contributed by atoms with E-state index in [-0.39, 0.29) is 17.1 Å². The Morgan fingerprint density at radius 2 is 2.17 bits per heavy atom. The molecule has 5 nitrogen and oxygen atoms in total. The van der Waals surface area contributed by atoms with Gasteiger partial charge >= 0.3 is 0 Å². The molecule has 6 heteroatoms. The normalized spacial score (nSPS) is 10.4. The molecule has 0 aliphatic carbocycles. The highest BCUT2D eigenvalue weighted by molar-refractivity contribution is 6.06. The van der Waals surface area contributed by atoms with Crippen molar-refractivity contribution in [3.63, 3.8) is 0 Å². The molecular weight excluding hydrogens is 235 g/mol. The minimum atomic E-state index is -0.537. The van der Waals surface area contributed by atoms with Crippen LogP contribution in [0.25, 0.3) is 0 Å². The van der Waals surface area contributed by atoms with E-state index in [0.717, 1.165) is 0 Å². The summed E-state index contributed by atoms with van der Waals surface area (Å²) in [5, 5.41) is 8.86. The van der Waals surface area contributed by atoms with Gasteiger partial charge in [-0.05, 0) is 25.5 Å². The Kier molecular flexibility index (Phi) is 3.01. The molecule has 4 N–H and O–H groups in total. The molecule has 1 aromatic carbocycles. The SMILES string of the molecule is Cc1cccc(F)c1NC(=O)c1n[nH]c(C)c1N. The van der Waals surface area contributed by atoms with E-state index in [1.165, 1.54) is 6.07 Å². The molecule has 94 valence electrons. The van der Waals surface area contributed by atoms with Gasteiger partial charge in [0.25, 0.3) is 5.91 Å². The summed E-state index contributed by atoms with van der Waals surface area (Å²) in [6.07, 6.45) is 0. The van der Waals surface area contributed by atoms with E-state index >= 15 is 0 Å². The van der Waals surface area contributed by atoms with Crippen molar-refractivity contribution < 1.29 is 9.18 Å². The van der Waals surface area contributed by atoms with Gasteiger partial charge in [0.05, 0.1) is 17.1 Å². The van der Waals surface area contributed by atoms with Crippen LogP contribution < -0.4 is 11.1 Å². The van der Waals surface area contributed by atoms with Gasteiger partial charge in [0, 0.05) is 0 Å². The lowest BCUT2D eigenvalue weighted by atomic mass is 10.2. The maximum atomic E-state index is 13.6. The number of anilines is 2. The number of para-hydroxylation sites is 1. The molecule has 0 unspecified atom stereocenters. The molecule has 0 spiro atoms. The summed E-state index contributed by atoms with van der Waals surface area (Å²) in [5.41, 5.74) is 7.39. The van der Waals surface area contributed by atoms with Crippen molar-refractivity contribution in [2.75, 3.05) is 11.1 Å². The molecule has 0 bridgehead atoms. The zero-order valence-electron chi connectivity index (χ0n) is 10.0. The Morgan fingerprint density at radius 1 is 1.44 bits per heavy atom. The fraction of sp³-hybridized carbons (Fsp3) is 0.167. The molecule has 2 aromatic rings. The third-order valence-electron chi connectivity index (χ3n) is 2.67. The van der Waals surface area contributed by atoms with Crippen molar-refractivity contribution in [1.82, 2.24) is 10.2 Å². The fourth-order valence-electron chi connectivity index (χ4n) is 1.57. The topological polar surface area (TPSA) is 83.8 Å². The lowest BCUT2D eigenvalue weighted by molar-refractivity contribution is 0.102. The van der Waals surface area contributed by atoms with Gasteiger partial charge < -0.3 is 11.1 Å². The lowest BCUT2D eigenvalue weighted by Gasteiger charge is -2.08. The van der Waals surface area contributed by atoms with Gasteiger partial charge in [0.2, 0.25) is 0 Å². The third-order valence-corrected chi connectivity index (χ3v) is 2.67. The van der Waals surface area contributed by atoms with Crippen LogP contribution in [-0.2, 0) is 0 Å². The summed E-state index contributed by atoms with van der Waals surface area (Å²) in [5.74, 6) is -1.03. The van der Waals surface area contributed by atoms with E-state index in [0.29, 0.717) is 11.3 Å². The van der Waals surface area contributed by atoms with Crippen molar-refractivity contribution in [3.8, 4) is 0 Å². The summed E-state index contributed by atoms with van der Waals surface area (Å²) in [6.45, 7) is 3.41. The predicted octanol–water partition coefficient (Wildman–Crippen LogP) is 2.00. The number of rotatable bonds is 2. The number of nitrogens with one attached hydrogen (secondary N) is 2. The van der Waals surface area contributed by atoms with Gasteiger partial charge in [-0.25, -0.2) is 4.39 Å². The highest BCUT2D eigenvalue weighted by Crippen LogP contribution is 2.21. The summed E-state index contributed by atoms with van der Waals surface area (Å²) in [7, 11) is 0. The number of aromatic amines is 1. The number of carbonyl (C=O) groups is 1. The van der Waals surface area contributed by atoms with E-state index < -0.39 is 11.7 Å². The second-order valence-electron chi connectivity index (χ2n) is 4.00. The molecule has 0 radical (unpaired) electrons. The van der Waals surface area contributed by atoms with Gasteiger partial charge in [-0.3, -0.25) is 9.89 Å². The van der Waals surface area contributed by atoms with E-state index in [1.807, 2.05) is 0 Å². The number of nitrogens with two attached hydrogens (primary N) is 1. The smallest absolute Gasteiger partial charge is 0.278 e. The molecule has 1 heterocycles. The van der Waals surface area contributed by atoms with E-state index in [4.69, 9.17) is 5.73 Å². The van der Waals surface area contributed by atoms with Gasteiger partial charge in [0.15, 0.2) is 5.69 Å². The van der Waals surface area contributed by atoms with Crippen molar-refractivity contribution in [2.45, 2.75) is 13.8 Å². The summed E-state index contributed by atoms with van der Waals surface area (Å²) < 4.78 is 13.6. The van der Waals surface area contributed by atoms with E-state index in [9.17, 15) is 9.18 Å². The zero-order chi connectivity index (χ0) is 13.3. The molecule has 0 aliphatic heterocycles. The van der Waals surface area contributed by atoms with Crippen LogP contribution in [0.3, 0.4) is 0 Å². The van der Waals surface area contributed by atoms with Crippen LogP contribution in [0, 0.1) is 19.7 Å². The summed E-state index contributed by atoms with van der Waals surface area (Å²) in [6, 6.07) is 4.56. The average Bonchev–Trinajstić information content (AvgIpc) is 2.65. The molecule has 1 aromatic heterocycles. The first-order valence-electron chi connectivity index (χ1n) is 5.37. The first-order chi connectivity index (χ1) is 8.50. The standard InChI is InChI=1S/C12H13FN4O/c1-6-4-3-5-8(13)10(6)15-12(18)11-9(14)7(2)16-17-11/h3-5H,14H2,1-2H3,(H,15,18)(H,16,17). The van der Waals surface area contributed by atoms with Gasteiger partial charge in [0.1, 0.15) is 5.82 Å². The first kappa shape index (κ1) is 12.1. The first-order valence-corrected chi connectivity index (χ1v) is 5.37. The second-order valence-corrected chi connectivity index (χ2v) is 4.00. The van der Waals surface area contributed by atoms with Crippen LogP contribution in [0.2, 0.25) is 0 Å². The van der Waals surface area contributed by atoms with Crippen molar-refractivity contribution in [2.24, 2.45) is 0 Å². The second kappa shape index (κ2) is 4.48. The van der Waals surface area contributed by atoms with Crippen LogP contribution >= 0.6 is 0 Å². The number of amides is 1. The van der Waals surface area contributed by atoms with Gasteiger partial charge in [-0.15, -0.1) is 0 Å². The van der Waals surface area contributed by atoms with Crippen LogP contribution in [0.15, 0.2) is 18.2 Å². The minimum absolute atomic E-state index is 0.0650. The number of carbonyl (C=O) groups excluding carboxylic acids is 1. The molecule has 0 saturated carbocycles. The third kappa shape index (κ3) is 2.04. The molecular formula is C12H13FN4O. The maximum Gasteiger partial charge on any atom is 0.278 e. The number of aryl methyl sites for hydroxylation is 2. The summed E-state index contributed by atoms with van der Waals surface area (Å²) in [4.78, 5) is 11.9. The Morgan fingerprint density at radius 3 is 2.72 bits per heavy atom. The number of nitrogen functional groups attached to an aromatic ring is 1.